The van der Waals surface area contributed by atoms with Gasteiger partial charge in [0.25, 0.3) is 0 Å². The lowest BCUT2D eigenvalue weighted by atomic mass is 10.1. The van der Waals surface area contributed by atoms with E-state index >= 15 is 0 Å². The molecule has 0 amide bonds. The highest BCUT2D eigenvalue weighted by molar-refractivity contribution is 5.86. The van der Waals surface area contributed by atoms with Crippen molar-refractivity contribution in [3.05, 3.63) is 0 Å². The number of ether oxygens (including phenoxy) is 1. The van der Waals surface area contributed by atoms with Crippen molar-refractivity contribution in [2.75, 3.05) is 33.4 Å². The standard InChI is InChI=1S/C10H18N2O2/c1-12(8-6-14-7-8)5-3-9-10(13)2-4-11-9/h8-9,11H,2-7H2,1H3. The minimum Gasteiger partial charge on any atom is -0.378 e. The lowest BCUT2D eigenvalue weighted by Crippen LogP contribution is -2.48. The van der Waals surface area contributed by atoms with Crippen LogP contribution in [0.15, 0.2) is 0 Å². The Balaban J connectivity index is 1.68. The van der Waals surface area contributed by atoms with Crippen LogP contribution < -0.4 is 5.32 Å². The maximum atomic E-state index is 11.3. The fraction of sp³-hybridized carbons (Fsp3) is 0.900. The number of hydrogen-bond donors (Lipinski definition) is 1. The van der Waals surface area contributed by atoms with Gasteiger partial charge in [0, 0.05) is 19.5 Å². The summed E-state index contributed by atoms with van der Waals surface area (Å²) >= 11 is 0. The summed E-state index contributed by atoms with van der Waals surface area (Å²) in [6.45, 7) is 3.54. The van der Waals surface area contributed by atoms with Crippen LogP contribution in [0.25, 0.3) is 0 Å². The van der Waals surface area contributed by atoms with Gasteiger partial charge in [0.05, 0.1) is 25.3 Å². The molecule has 80 valence electrons. The van der Waals surface area contributed by atoms with Gasteiger partial charge in [-0.15, -0.1) is 0 Å². The predicted molar refractivity (Wildman–Crippen MR) is 53.3 cm³/mol. The Morgan fingerprint density at radius 3 is 2.86 bits per heavy atom. The second-order valence-electron chi connectivity index (χ2n) is 4.18. The molecule has 2 saturated heterocycles. The Bertz CT molecular complexity index is 216. The molecule has 2 fully saturated rings. The first-order valence-electron chi connectivity index (χ1n) is 5.31. The van der Waals surface area contributed by atoms with E-state index in [0.717, 1.165) is 32.7 Å². The Hall–Kier alpha value is -0.450. The van der Waals surface area contributed by atoms with Gasteiger partial charge in [0.15, 0.2) is 5.78 Å². The van der Waals surface area contributed by atoms with Crippen LogP contribution in [0.3, 0.4) is 0 Å². The van der Waals surface area contributed by atoms with Crippen molar-refractivity contribution in [1.82, 2.24) is 10.2 Å². The van der Waals surface area contributed by atoms with E-state index in [9.17, 15) is 4.79 Å². The maximum absolute atomic E-state index is 11.3. The van der Waals surface area contributed by atoms with Crippen LogP contribution in [-0.4, -0.2) is 56.1 Å². The number of carbonyl (C=O) groups is 1. The molecule has 0 saturated carbocycles. The summed E-state index contributed by atoms with van der Waals surface area (Å²) in [7, 11) is 2.10. The first kappa shape index (κ1) is 10.1. The van der Waals surface area contributed by atoms with E-state index in [1.807, 2.05) is 0 Å². The third kappa shape index (κ3) is 2.13. The largest absolute Gasteiger partial charge is 0.378 e. The average Bonchev–Trinajstić information content (AvgIpc) is 2.44. The van der Waals surface area contributed by atoms with E-state index in [4.69, 9.17) is 4.74 Å². The van der Waals surface area contributed by atoms with Gasteiger partial charge in [-0.3, -0.25) is 9.69 Å². The molecular formula is C10H18N2O2. The zero-order chi connectivity index (χ0) is 9.97. The van der Waals surface area contributed by atoms with E-state index in [1.165, 1.54) is 0 Å². The molecule has 0 bridgehead atoms. The van der Waals surface area contributed by atoms with E-state index in [0.29, 0.717) is 18.2 Å². The van der Waals surface area contributed by atoms with Gasteiger partial charge >= 0.3 is 0 Å². The fourth-order valence-electron chi connectivity index (χ4n) is 1.91. The number of carbonyl (C=O) groups excluding carboxylic acids is 1. The summed E-state index contributed by atoms with van der Waals surface area (Å²) in [5.41, 5.74) is 0. The Morgan fingerprint density at radius 1 is 1.57 bits per heavy atom. The zero-order valence-corrected chi connectivity index (χ0v) is 8.66. The molecule has 1 atom stereocenters. The minimum atomic E-state index is 0.110. The Labute approximate surface area is 84.6 Å². The van der Waals surface area contributed by atoms with Crippen LogP contribution in [0.4, 0.5) is 0 Å². The van der Waals surface area contributed by atoms with Crippen LogP contribution in [0.2, 0.25) is 0 Å². The number of Topliss-reactive ketones (excluding diaryl/α,β-unsaturated/α-hetero) is 1. The van der Waals surface area contributed by atoms with Crippen molar-refractivity contribution in [3.63, 3.8) is 0 Å². The summed E-state index contributed by atoms with van der Waals surface area (Å²) in [5, 5.41) is 3.23. The third-order valence-corrected chi connectivity index (χ3v) is 3.17. The Kier molecular flexibility index (Phi) is 3.15. The summed E-state index contributed by atoms with van der Waals surface area (Å²) in [4.78, 5) is 13.6. The third-order valence-electron chi connectivity index (χ3n) is 3.17. The molecule has 2 rings (SSSR count). The normalized spacial score (nSPS) is 28.4. The van der Waals surface area contributed by atoms with Crippen LogP contribution in [0.5, 0.6) is 0 Å². The first-order valence-corrected chi connectivity index (χ1v) is 5.31. The molecule has 0 aromatic rings. The second-order valence-corrected chi connectivity index (χ2v) is 4.18. The topological polar surface area (TPSA) is 41.6 Å². The van der Waals surface area contributed by atoms with Gasteiger partial charge in [-0.2, -0.15) is 0 Å². The summed E-state index contributed by atoms with van der Waals surface area (Å²) in [6.07, 6.45) is 1.65. The number of hydrogen-bond acceptors (Lipinski definition) is 4. The molecule has 0 radical (unpaired) electrons. The molecule has 0 aliphatic carbocycles. The zero-order valence-electron chi connectivity index (χ0n) is 8.66. The summed E-state index contributed by atoms with van der Waals surface area (Å²) in [5.74, 6) is 0.378. The van der Waals surface area contributed by atoms with Gasteiger partial charge < -0.3 is 10.1 Å². The number of rotatable bonds is 4. The molecule has 2 aliphatic rings. The van der Waals surface area contributed by atoms with E-state index < -0.39 is 0 Å². The van der Waals surface area contributed by atoms with E-state index in [1.54, 1.807) is 0 Å². The quantitative estimate of drug-likeness (QED) is 0.669. The molecule has 2 heterocycles. The van der Waals surface area contributed by atoms with Gasteiger partial charge in [-0.05, 0) is 13.5 Å². The number of likely N-dealkylation sites (N-methyl/N-ethyl adjacent to an activating group) is 1. The molecular weight excluding hydrogens is 180 g/mol. The van der Waals surface area contributed by atoms with Gasteiger partial charge in [0.2, 0.25) is 0 Å². The van der Waals surface area contributed by atoms with Gasteiger partial charge in [-0.25, -0.2) is 0 Å². The average molecular weight is 198 g/mol. The van der Waals surface area contributed by atoms with Crippen molar-refractivity contribution in [3.8, 4) is 0 Å². The molecule has 4 nitrogen and oxygen atoms in total. The maximum Gasteiger partial charge on any atom is 0.151 e. The van der Waals surface area contributed by atoms with E-state index in [2.05, 4.69) is 17.3 Å². The van der Waals surface area contributed by atoms with Crippen molar-refractivity contribution in [2.24, 2.45) is 0 Å². The SMILES string of the molecule is CN(CCC1NCCC1=O)C1COC1. The summed E-state index contributed by atoms with van der Waals surface area (Å²) in [6, 6.07) is 0.685. The number of ketones is 1. The highest BCUT2D eigenvalue weighted by Gasteiger charge is 2.26. The fourth-order valence-corrected chi connectivity index (χ4v) is 1.91. The highest BCUT2D eigenvalue weighted by Crippen LogP contribution is 2.11. The lowest BCUT2D eigenvalue weighted by molar-refractivity contribution is -0.119. The number of nitrogens with zero attached hydrogens (tertiary/aromatic N) is 1. The number of nitrogens with one attached hydrogen (secondary N) is 1. The highest BCUT2D eigenvalue weighted by atomic mass is 16.5. The van der Waals surface area contributed by atoms with Crippen molar-refractivity contribution in [2.45, 2.75) is 24.9 Å². The molecule has 0 aromatic heterocycles. The van der Waals surface area contributed by atoms with E-state index in [-0.39, 0.29) is 6.04 Å². The molecule has 1 N–H and O–H groups in total. The smallest absolute Gasteiger partial charge is 0.151 e. The molecule has 1 unspecified atom stereocenters. The van der Waals surface area contributed by atoms with Crippen LogP contribution in [0, 0.1) is 0 Å². The molecule has 14 heavy (non-hydrogen) atoms. The molecule has 0 aromatic carbocycles. The first-order chi connectivity index (χ1) is 6.77. The molecule has 2 aliphatic heterocycles. The monoisotopic (exact) mass is 198 g/mol. The van der Waals surface area contributed by atoms with Crippen LogP contribution >= 0.6 is 0 Å². The summed E-state index contributed by atoms with van der Waals surface area (Å²) < 4.78 is 5.12. The van der Waals surface area contributed by atoms with Crippen LogP contribution in [0.1, 0.15) is 12.8 Å². The molecule has 4 heteroatoms. The van der Waals surface area contributed by atoms with Gasteiger partial charge in [0.1, 0.15) is 0 Å². The second kappa shape index (κ2) is 4.38. The van der Waals surface area contributed by atoms with Gasteiger partial charge in [-0.1, -0.05) is 0 Å². The van der Waals surface area contributed by atoms with Crippen molar-refractivity contribution in [1.29, 1.82) is 0 Å². The van der Waals surface area contributed by atoms with Crippen molar-refractivity contribution < 1.29 is 9.53 Å². The Morgan fingerprint density at radius 2 is 2.36 bits per heavy atom. The minimum absolute atomic E-state index is 0.110. The van der Waals surface area contributed by atoms with Crippen molar-refractivity contribution >= 4 is 5.78 Å². The lowest BCUT2D eigenvalue weighted by Gasteiger charge is -2.34. The van der Waals surface area contributed by atoms with Crippen LogP contribution in [-0.2, 0) is 9.53 Å². The molecule has 0 spiro atoms. The predicted octanol–water partition coefficient (Wildman–Crippen LogP) is -0.362.